The van der Waals surface area contributed by atoms with Crippen molar-refractivity contribution < 1.29 is 58.3 Å². The van der Waals surface area contributed by atoms with E-state index in [0.29, 0.717) is 19.4 Å². The van der Waals surface area contributed by atoms with E-state index in [1.54, 1.807) is 0 Å². The van der Waals surface area contributed by atoms with Crippen LogP contribution < -0.4 is 0 Å². The lowest BCUT2D eigenvalue weighted by Crippen LogP contribution is -2.64. The van der Waals surface area contributed by atoms with Crippen LogP contribution in [0.2, 0.25) is 0 Å². The van der Waals surface area contributed by atoms with E-state index in [2.05, 4.69) is 62.5 Å². The SMILES string of the molecule is CC/C=C\C/C=C\C/C=C\C/C=C\C/C=C\CCOCC(COP(=O)(O)OC1C(O)C(O)C(O)C(O)C1O)OC(=O)CCCCCCCCCCC. The number of carbonyl (C=O) groups excluding carboxylic acids is 1. The molecule has 0 heterocycles. The van der Waals surface area contributed by atoms with Crippen LogP contribution in [0.15, 0.2) is 60.8 Å². The smallest absolute Gasteiger partial charge is 0.457 e. The lowest BCUT2D eigenvalue weighted by Gasteiger charge is -2.41. The predicted octanol–water partition coefficient (Wildman–Crippen LogP) is 6.30. The van der Waals surface area contributed by atoms with Crippen molar-refractivity contribution in [2.24, 2.45) is 0 Å². The Morgan fingerprint density at radius 1 is 0.635 bits per heavy atom. The highest BCUT2D eigenvalue weighted by Crippen LogP contribution is 2.47. The van der Waals surface area contributed by atoms with Crippen molar-refractivity contribution in [2.75, 3.05) is 19.8 Å². The van der Waals surface area contributed by atoms with Gasteiger partial charge in [0.05, 0.1) is 19.8 Å². The van der Waals surface area contributed by atoms with Crippen LogP contribution in [0, 0.1) is 0 Å². The Hall–Kier alpha value is -1.96. The maximum atomic E-state index is 12.7. The Morgan fingerprint density at radius 3 is 1.62 bits per heavy atom. The van der Waals surface area contributed by atoms with Gasteiger partial charge in [0.1, 0.15) is 42.7 Å². The van der Waals surface area contributed by atoms with Gasteiger partial charge in [0, 0.05) is 6.42 Å². The van der Waals surface area contributed by atoms with E-state index in [1.807, 2.05) is 12.2 Å². The summed E-state index contributed by atoms with van der Waals surface area (Å²) in [6.45, 7) is 3.86. The summed E-state index contributed by atoms with van der Waals surface area (Å²) in [5, 5.41) is 49.9. The molecule has 0 aromatic rings. The standard InChI is InChI=1S/C39H67O12P/c1-3-5-7-9-11-13-14-15-16-17-18-19-21-23-25-27-29-48-30-32(50-33(40)28-26-24-22-20-12-10-8-6-4-2)31-49-52(46,47)51-39-37(44)35(42)34(41)36(43)38(39)45/h5,7,11,13,15-16,18-19,23,25,32,34-39,41-45H,3-4,6,8-10,12,14,17,20-22,24,26-31H2,1-2H3,(H,46,47)/b7-5-,13-11-,16-15-,19-18-,25-23-. The molecule has 6 unspecified atom stereocenters. The molecular formula is C39H67O12P. The molecule has 0 radical (unpaired) electrons. The number of phosphoric acid groups is 1. The van der Waals surface area contributed by atoms with E-state index >= 15 is 0 Å². The van der Waals surface area contributed by atoms with E-state index in [0.717, 1.165) is 51.4 Å². The molecule has 1 aliphatic carbocycles. The highest BCUT2D eigenvalue weighted by atomic mass is 31.2. The maximum absolute atomic E-state index is 12.7. The van der Waals surface area contributed by atoms with Gasteiger partial charge in [0.2, 0.25) is 0 Å². The molecule has 6 atom stereocenters. The third kappa shape index (κ3) is 23.0. The van der Waals surface area contributed by atoms with Crippen LogP contribution in [0.4, 0.5) is 0 Å². The summed E-state index contributed by atoms with van der Waals surface area (Å²) in [5.41, 5.74) is 0. The van der Waals surface area contributed by atoms with Crippen molar-refractivity contribution in [1.82, 2.24) is 0 Å². The van der Waals surface area contributed by atoms with E-state index in [9.17, 15) is 39.8 Å². The summed E-state index contributed by atoms with van der Waals surface area (Å²) in [6, 6.07) is 0. The maximum Gasteiger partial charge on any atom is 0.472 e. The van der Waals surface area contributed by atoms with Gasteiger partial charge in [-0.2, -0.15) is 0 Å². The molecule has 1 fully saturated rings. The van der Waals surface area contributed by atoms with Gasteiger partial charge in [-0.3, -0.25) is 13.8 Å². The normalized spacial score (nSPS) is 24.5. The third-order valence-corrected chi connectivity index (χ3v) is 9.41. The monoisotopic (exact) mass is 758 g/mol. The summed E-state index contributed by atoms with van der Waals surface area (Å²) in [6.07, 6.45) is 23.4. The number of rotatable bonds is 30. The number of aliphatic hydroxyl groups excluding tert-OH is 5. The molecular weight excluding hydrogens is 691 g/mol. The minimum Gasteiger partial charge on any atom is -0.457 e. The number of unbranched alkanes of at least 4 members (excludes halogenated alkanes) is 8. The Bertz CT molecular complexity index is 1090. The zero-order valence-electron chi connectivity index (χ0n) is 31.3. The minimum absolute atomic E-state index is 0.132. The first kappa shape index (κ1) is 48.1. The molecule has 1 aliphatic rings. The molecule has 13 heteroatoms. The van der Waals surface area contributed by atoms with Gasteiger partial charge >= 0.3 is 13.8 Å². The molecule has 0 spiro atoms. The van der Waals surface area contributed by atoms with E-state index < -0.39 is 63.1 Å². The predicted molar refractivity (Wildman–Crippen MR) is 202 cm³/mol. The van der Waals surface area contributed by atoms with Gasteiger partial charge in [-0.1, -0.05) is 126 Å². The van der Waals surface area contributed by atoms with Crippen LogP contribution in [-0.4, -0.2) is 98.9 Å². The van der Waals surface area contributed by atoms with Gasteiger partial charge in [0.15, 0.2) is 0 Å². The van der Waals surface area contributed by atoms with Crippen LogP contribution in [0.5, 0.6) is 0 Å². The second kappa shape index (κ2) is 30.4. The van der Waals surface area contributed by atoms with Crippen LogP contribution in [0.3, 0.4) is 0 Å². The number of phosphoric ester groups is 1. The van der Waals surface area contributed by atoms with Crippen molar-refractivity contribution in [3.63, 3.8) is 0 Å². The first-order valence-electron chi connectivity index (χ1n) is 19.1. The molecule has 300 valence electrons. The van der Waals surface area contributed by atoms with Gasteiger partial charge in [-0.05, 0) is 44.9 Å². The van der Waals surface area contributed by atoms with E-state index in [1.165, 1.54) is 32.1 Å². The number of carbonyl (C=O) groups is 1. The molecule has 0 aromatic carbocycles. The van der Waals surface area contributed by atoms with Crippen molar-refractivity contribution in [1.29, 1.82) is 0 Å². The van der Waals surface area contributed by atoms with Crippen LogP contribution in [0.1, 0.15) is 117 Å². The van der Waals surface area contributed by atoms with E-state index in [4.69, 9.17) is 18.5 Å². The van der Waals surface area contributed by atoms with Crippen molar-refractivity contribution in [3.8, 4) is 0 Å². The molecule has 12 nitrogen and oxygen atoms in total. The Kier molecular flexibility index (Phi) is 28.1. The number of aliphatic hydroxyl groups is 5. The number of esters is 1. The zero-order chi connectivity index (χ0) is 38.5. The average Bonchev–Trinajstić information content (AvgIpc) is 3.12. The van der Waals surface area contributed by atoms with Crippen molar-refractivity contribution in [3.05, 3.63) is 60.8 Å². The summed E-state index contributed by atoms with van der Waals surface area (Å²) in [5.74, 6) is -0.509. The van der Waals surface area contributed by atoms with Crippen molar-refractivity contribution in [2.45, 2.75) is 159 Å². The first-order valence-corrected chi connectivity index (χ1v) is 20.6. The number of hydrogen-bond acceptors (Lipinski definition) is 11. The molecule has 0 saturated heterocycles. The van der Waals surface area contributed by atoms with Crippen LogP contribution in [0.25, 0.3) is 0 Å². The quantitative estimate of drug-likeness (QED) is 0.0208. The Balaban J connectivity index is 2.53. The molecule has 0 bridgehead atoms. The van der Waals surface area contributed by atoms with Gasteiger partial charge < -0.3 is 39.9 Å². The van der Waals surface area contributed by atoms with E-state index in [-0.39, 0.29) is 13.0 Å². The third-order valence-electron chi connectivity index (χ3n) is 8.42. The fourth-order valence-electron chi connectivity index (χ4n) is 5.36. The van der Waals surface area contributed by atoms with Gasteiger partial charge in [-0.15, -0.1) is 0 Å². The minimum atomic E-state index is -5.03. The Morgan fingerprint density at radius 2 is 1.10 bits per heavy atom. The average molecular weight is 759 g/mol. The van der Waals surface area contributed by atoms with Crippen molar-refractivity contribution >= 4 is 13.8 Å². The molecule has 0 aromatic heterocycles. The second-order valence-electron chi connectivity index (χ2n) is 13.0. The molecule has 1 saturated carbocycles. The summed E-state index contributed by atoms with van der Waals surface area (Å²) >= 11 is 0. The first-order chi connectivity index (χ1) is 25.0. The molecule has 0 amide bonds. The summed E-state index contributed by atoms with van der Waals surface area (Å²) in [4.78, 5) is 22.9. The van der Waals surface area contributed by atoms with Crippen LogP contribution in [-0.2, 0) is 27.9 Å². The largest absolute Gasteiger partial charge is 0.472 e. The molecule has 0 aliphatic heterocycles. The zero-order valence-corrected chi connectivity index (χ0v) is 32.2. The lowest BCUT2D eigenvalue weighted by atomic mass is 9.85. The molecule has 52 heavy (non-hydrogen) atoms. The fourth-order valence-corrected chi connectivity index (χ4v) is 6.33. The molecule has 6 N–H and O–H groups in total. The van der Waals surface area contributed by atoms with Gasteiger partial charge in [0.25, 0.3) is 0 Å². The summed E-state index contributed by atoms with van der Waals surface area (Å²) in [7, 11) is -5.03. The summed E-state index contributed by atoms with van der Waals surface area (Å²) < 4.78 is 33.8. The highest BCUT2D eigenvalue weighted by Gasteiger charge is 2.51. The topological polar surface area (TPSA) is 192 Å². The number of hydrogen-bond donors (Lipinski definition) is 6. The second-order valence-corrected chi connectivity index (χ2v) is 14.5. The molecule has 1 rings (SSSR count). The van der Waals surface area contributed by atoms with Gasteiger partial charge in [-0.25, -0.2) is 4.57 Å². The number of ether oxygens (including phenoxy) is 2. The Labute approximate surface area is 311 Å². The highest BCUT2D eigenvalue weighted by molar-refractivity contribution is 7.47. The van der Waals surface area contributed by atoms with Crippen LogP contribution >= 0.6 is 7.82 Å². The lowest BCUT2D eigenvalue weighted by molar-refractivity contribution is -0.220. The number of allylic oxidation sites excluding steroid dienone is 9. The fraction of sp³-hybridized carbons (Fsp3) is 0.718.